The maximum Gasteiger partial charge on any atom is 0.254 e. The molecular formula is C18H25N3O2. The number of benzene rings is 1. The molecule has 0 aliphatic rings. The van der Waals surface area contributed by atoms with Crippen molar-refractivity contribution in [2.75, 3.05) is 6.54 Å². The lowest BCUT2D eigenvalue weighted by Crippen LogP contribution is -2.28. The van der Waals surface area contributed by atoms with Crippen molar-refractivity contribution in [3.8, 4) is 0 Å². The van der Waals surface area contributed by atoms with E-state index in [1.165, 1.54) is 0 Å². The Kier molecular flexibility index (Phi) is 5.21. The van der Waals surface area contributed by atoms with Crippen molar-refractivity contribution < 1.29 is 9.90 Å². The van der Waals surface area contributed by atoms with E-state index in [9.17, 15) is 4.79 Å². The van der Waals surface area contributed by atoms with Gasteiger partial charge < -0.3 is 10.4 Å². The van der Waals surface area contributed by atoms with Crippen LogP contribution >= 0.6 is 0 Å². The Morgan fingerprint density at radius 2 is 1.83 bits per heavy atom. The highest BCUT2D eigenvalue weighted by Crippen LogP contribution is 2.23. The lowest BCUT2D eigenvalue weighted by molar-refractivity contribution is 0.0952. The number of aromatic nitrogens is 2. The van der Waals surface area contributed by atoms with Crippen molar-refractivity contribution in [1.29, 1.82) is 0 Å². The predicted molar refractivity (Wildman–Crippen MR) is 90.3 cm³/mol. The summed E-state index contributed by atoms with van der Waals surface area (Å²) in [4.78, 5) is 12.4. The van der Waals surface area contributed by atoms with E-state index in [1.54, 1.807) is 10.9 Å². The number of carbonyl (C=O) groups is 1. The smallest absolute Gasteiger partial charge is 0.254 e. The molecule has 5 heteroatoms. The SMILES string of the molecule is Cn1cc(C(=O)NCCc2ccc(CO)cc2)c(C(C)(C)C)n1. The molecule has 1 aromatic carbocycles. The van der Waals surface area contributed by atoms with Crippen molar-refractivity contribution in [3.05, 3.63) is 52.8 Å². The third-order valence-electron chi connectivity index (χ3n) is 3.69. The van der Waals surface area contributed by atoms with Crippen LogP contribution in [0.5, 0.6) is 0 Å². The summed E-state index contributed by atoms with van der Waals surface area (Å²) in [5.74, 6) is -0.0880. The molecule has 0 atom stereocenters. The van der Waals surface area contributed by atoms with E-state index in [4.69, 9.17) is 5.11 Å². The zero-order valence-corrected chi connectivity index (χ0v) is 14.3. The Hall–Kier alpha value is -2.14. The molecule has 23 heavy (non-hydrogen) atoms. The molecule has 5 nitrogen and oxygen atoms in total. The summed E-state index contributed by atoms with van der Waals surface area (Å²) >= 11 is 0. The molecule has 0 saturated heterocycles. The summed E-state index contributed by atoms with van der Waals surface area (Å²) in [6.45, 7) is 6.77. The number of nitrogens with zero attached hydrogens (tertiary/aromatic N) is 2. The zero-order valence-electron chi connectivity index (χ0n) is 14.3. The van der Waals surface area contributed by atoms with Crippen LogP contribution in [0.4, 0.5) is 0 Å². The van der Waals surface area contributed by atoms with Crippen molar-refractivity contribution >= 4 is 5.91 Å². The summed E-state index contributed by atoms with van der Waals surface area (Å²) in [6, 6.07) is 7.75. The first-order chi connectivity index (χ1) is 10.8. The number of aliphatic hydroxyl groups excluding tert-OH is 1. The normalized spacial score (nSPS) is 11.5. The number of carbonyl (C=O) groups excluding carboxylic acids is 1. The van der Waals surface area contributed by atoms with Crippen LogP contribution in [0.3, 0.4) is 0 Å². The van der Waals surface area contributed by atoms with Crippen molar-refractivity contribution in [2.24, 2.45) is 7.05 Å². The standard InChI is InChI=1S/C18H25N3O2/c1-18(2,3)16-15(11-21(4)20-16)17(23)19-10-9-13-5-7-14(12-22)8-6-13/h5-8,11,22H,9-10,12H2,1-4H3,(H,19,23). The van der Waals surface area contributed by atoms with Crippen LogP contribution in [-0.4, -0.2) is 27.3 Å². The van der Waals surface area contributed by atoms with E-state index >= 15 is 0 Å². The van der Waals surface area contributed by atoms with E-state index in [-0.39, 0.29) is 17.9 Å². The molecule has 1 aromatic heterocycles. The molecule has 0 bridgehead atoms. The Morgan fingerprint density at radius 1 is 1.22 bits per heavy atom. The molecule has 0 saturated carbocycles. The van der Waals surface area contributed by atoms with Crippen LogP contribution < -0.4 is 5.32 Å². The van der Waals surface area contributed by atoms with Crippen LogP contribution in [0.1, 0.15) is 48.0 Å². The first-order valence-corrected chi connectivity index (χ1v) is 7.82. The van der Waals surface area contributed by atoms with Crippen LogP contribution in [-0.2, 0) is 25.5 Å². The number of aliphatic hydroxyl groups is 1. The van der Waals surface area contributed by atoms with E-state index in [1.807, 2.05) is 31.3 Å². The van der Waals surface area contributed by atoms with Crippen LogP contribution in [0.25, 0.3) is 0 Å². The van der Waals surface area contributed by atoms with E-state index in [2.05, 4.69) is 31.2 Å². The van der Waals surface area contributed by atoms with Gasteiger partial charge in [-0.05, 0) is 17.5 Å². The fourth-order valence-corrected chi connectivity index (χ4v) is 2.44. The van der Waals surface area contributed by atoms with E-state index in [0.29, 0.717) is 12.1 Å². The number of aryl methyl sites for hydroxylation is 1. The molecule has 0 aliphatic heterocycles. The Bertz CT molecular complexity index is 667. The zero-order chi connectivity index (χ0) is 17.0. The van der Waals surface area contributed by atoms with Crippen molar-refractivity contribution in [2.45, 2.75) is 39.2 Å². The molecule has 0 spiro atoms. The number of nitrogens with one attached hydrogen (secondary N) is 1. The molecule has 0 fully saturated rings. The highest BCUT2D eigenvalue weighted by molar-refractivity contribution is 5.95. The Labute approximate surface area is 137 Å². The summed E-state index contributed by atoms with van der Waals surface area (Å²) in [5, 5.41) is 16.4. The number of rotatable bonds is 5. The lowest BCUT2D eigenvalue weighted by atomic mass is 9.89. The van der Waals surface area contributed by atoms with E-state index in [0.717, 1.165) is 23.2 Å². The second kappa shape index (κ2) is 6.96. The second-order valence-electron chi connectivity index (χ2n) is 6.80. The first kappa shape index (κ1) is 17.2. The number of amides is 1. The largest absolute Gasteiger partial charge is 0.392 e. The van der Waals surface area contributed by atoms with Gasteiger partial charge in [0.15, 0.2) is 0 Å². The van der Waals surface area contributed by atoms with Gasteiger partial charge >= 0.3 is 0 Å². The van der Waals surface area contributed by atoms with Crippen LogP contribution in [0.2, 0.25) is 0 Å². The maximum atomic E-state index is 12.4. The van der Waals surface area contributed by atoms with Gasteiger partial charge in [0.25, 0.3) is 5.91 Å². The fourth-order valence-electron chi connectivity index (χ4n) is 2.44. The van der Waals surface area contributed by atoms with Gasteiger partial charge in [0, 0.05) is 25.2 Å². The maximum absolute atomic E-state index is 12.4. The minimum absolute atomic E-state index is 0.0492. The van der Waals surface area contributed by atoms with Crippen molar-refractivity contribution in [1.82, 2.24) is 15.1 Å². The molecule has 2 aromatic rings. The summed E-state index contributed by atoms with van der Waals surface area (Å²) in [6.07, 6.45) is 2.52. The predicted octanol–water partition coefficient (Wildman–Crippen LogP) is 2.18. The number of hydrogen-bond acceptors (Lipinski definition) is 3. The van der Waals surface area contributed by atoms with E-state index < -0.39 is 0 Å². The molecule has 2 rings (SSSR count). The summed E-state index contributed by atoms with van der Waals surface area (Å²) in [7, 11) is 1.83. The van der Waals surface area contributed by atoms with Crippen LogP contribution in [0.15, 0.2) is 30.5 Å². The Morgan fingerprint density at radius 3 is 2.39 bits per heavy atom. The monoisotopic (exact) mass is 315 g/mol. The minimum Gasteiger partial charge on any atom is -0.392 e. The average Bonchev–Trinajstić information content (AvgIpc) is 2.90. The fraction of sp³-hybridized carbons (Fsp3) is 0.444. The molecule has 0 unspecified atom stereocenters. The minimum atomic E-state index is -0.173. The van der Waals surface area contributed by atoms with Gasteiger partial charge in [-0.15, -0.1) is 0 Å². The van der Waals surface area contributed by atoms with Crippen molar-refractivity contribution in [3.63, 3.8) is 0 Å². The Balaban J connectivity index is 1.97. The molecule has 1 heterocycles. The van der Waals surface area contributed by atoms with Gasteiger partial charge in [0.1, 0.15) is 0 Å². The van der Waals surface area contributed by atoms with Gasteiger partial charge in [-0.1, -0.05) is 45.0 Å². The molecule has 0 aliphatic carbocycles. The van der Waals surface area contributed by atoms with Crippen LogP contribution in [0, 0.1) is 0 Å². The second-order valence-corrected chi connectivity index (χ2v) is 6.80. The molecule has 124 valence electrons. The summed E-state index contributed by atoms with van der Waals surface area (Å²) in [5.41, 5.74) is 3.29. The number of hydrogen-bond donors (Lipinski definition) is 2. The summed E-state index contributed by atoms with van der Waals surface area (Å²) < 4.78 is 1.68. The molecule has 0 radical (unpaired) electrons. The quantitative estimate of drug-likeness (QED) is 0.889. The third-order valence-corrected chi connectivity index (χ3v) is 3.69. The highest BCUT2D eigenvalue weighted by atomic mass is 16.3. The molecule has 1 amide bonds. The van der Waals surface area contributed by atoms with Gasteiger partial charge in [-0.25, -0.2) is 0 Å². The first-order valence-electron chi connectivity index (χ1n) is 7.82. The van der Waals surface area contributed by atoms with Gasteiger partial charge in [-0.3, -0.25) is 9.48 Å². The lowest BCUT2D eigenvalue weighted by Gasteiger charge is -2.17. The molecule has 2 N–H and O–H groups in total. The average molecular weight is 315 g/mol. The third kappa shape index (κ3) is 4.42. The topological polar surface area (TPSA) is 67.2 Å². The van der Waals surface area contributed by atoms with Gasteiger partial charge in [0.2, 0.25) is 0 Å². The van der Waals surface area contributed by atoms with Gasteiger partial charge in [-0.2, -0.15) is 5.10 Å². The van der Waals surface area contributed by atoms with Gasteiger partial charge in [0.05, 0.1) is 17.9 Å². The highest BCUT2D eigenvalue weighted by Gasteiger charge is 2.25. The molecular weight excluding hydrogens is 290 g/mol.